The van der Waals surface area contributed by atoms with Crippen LogP contribution in [-0.2, 0) is 16.4 Å². The number of aryl methyl sites for hydroxylation is 2. The smallest absolute Gasteiger partial charge is 0.345 e. The molecule has 0 aliphatic carbocycles. The number of nitrogens with zero attached hydrogens (tertiary/aromatic N) is 4. The Bertz CT molecular complexity index is 1370. The Morgan fingerprint density at radius 2 is 1.62 bits per heavy atom. The van der Waals surface area contributed by atoms with E-state index in [1.165, 1.54) is 4.90 Å². The van der Waals surface area contributed by atoms with Crippen molar-refractivity contribution in [2.24, 2.45) is 0 Å². The first-order valence-electron chi connectivity index (χ1n) is 13.0. The third kappa shape index (κ3) is 5.94. The van der Waals surface area contributed by atoms with Crippen molar-refractivity contribution < 1.29 is 27.8 Å². The predicted octanol–water partition coefficient (Wildman–Crippen LogP) is 5.98. The maximum absolute atomic E-state index is 13.9. The van der Waals surface area contributed by atoms with Crippen molar-refractivity contribution in [3.63, 3.8) is 0 Å². The Balaban J connectivity index is 1.76. The summed E-state index contributed by atoms with van der Waals surface area (Å²) >= 11 is 0. The molecule has 9 heteroatoms. The van der Waals surface area contributed by atoms with Crippen LogP contribution in [0.4, 0.5) is 24.7 Å². The van der Waals surface area contributed by atoms with Crippen molar-refractivity contribution in [3.8, 4) is 11.1 Å². The van der Waals surface area contributed by atoms with E-state index >= 15 is 0 Å². The fraction of sp³-hybridized carbons (Fsp3) is 0.400. The van der Waals surface area contributed by atoms with E-state index in [1.807, 2.05) is 37.3 Å². The van der Waals surface area contributed by atoms with Gasteiger partial charge in [0, 0.05) is 12.6 Å². The molecule has 1 fully saturated rings. The predicted molar refractivity (Wildman–Crippen MR) is 147 cm³/mol. The molecule has 0 saturated carbocycles. The molecule has 0 bridgehead atoms. The molecule has 1 aromatic heterocycles. The molecule has 39 heavy (non-hydrogen) atoms. The lowest BCUT2D eigenvalue weighted by Crippen LogP contribution is -2.55. The van der Waals surface area contributed by atoms with Gasteiger partial charge in [-0.2, -0.15) is 17.8 Å². The Labute approximate surface area is 227 Å². The van der Waals surface area contributed by atoms with E-state index in [1.54, 1.807) is 47.1 Å². The van der Waals surface area contributed by atoms with Crippen LogP contribution in [0.25, 0.3) is 11.1 Å². The molecule has 3 aromatic rings. The molecule has 0 radical (unpaired) electrons. The molecule has 1 N–H and O–H groups in total. The first-order valence-corrected chi connectivity index (χ1v) is 13.0. The topological polar surface area (TPSA) is 56.7 Å². The number of pyridine rings is 1. The average Bonchev–Trinajstić information content (AvgIpc) is 2.87. The van der Waals surface area contributed by atoms with Crippen molar-refractivity contribution in [2.45, 2.75) is 39.3 Å². The zero-order chi connectivity index (χ0) is 28.8. The lowest BCUT2D eigenvalue weighted by molar-refractivity contribution is -1.09. The van der Waals surface area contributed by atoms with Crippen LogP contribution in [0.3, 0.4) is 0 Å². The Morgan fingerprint density at radius 3 is 2.23 bits per heavy atom. The number of aromatic nitrogens is 1. The number of benzene rings is 2. The number of carbonyl (C=O) groups excluding carboxylic acids is 1. The highest BCUT2D eigenvalue weighted by atomic mass is 19.4. The molecule has 1 aliphatic heterocycles. The summed E-state index contributed by atoms with van der Waals surface area (Å²) in [7, 11) is 3.42. The molecule has 2 heterocycles. The number of halogens is 3. The molecule has 1 saturated heterocycles. The molecule has 1 aliphatic rings. The van der Waals surface area contributed by atoms with Crippen molar-refractivity contribution in [2.75, 3.05) is 50.1 Å². The van der Waals surface area contributed by atoms with Crippen molar-refractivity contribution in [1.82, 2.24) is 4.98 Å². The van der Waals surface area contributed by atoms with Crippen LogP contribution in [0.15, 0.2) is 54.7 Å². The van der Waals surface area contributed by atoms with E-state index in [-0.39, 0.29) is 10.6 Å². The lowest BCUT2D eigenvalue weighted by Gasteiger charge is -2.37. The number of hydrogen-bond acceptors (Lipinski definition) is 4. The van der Waals surface area contributed by atoms with Crippen LogP contribution in [0.5, 0.6) is 0 Å². The first kappa shape index (κ1) is 28.6. The number of alkyl halides is 3. The first-order chi connectivity index (χ1) is 18.1. The van der Waals surface area contributed by atoms with E-state index in [2.05, 4.69) is 9.88 Å². The second-order valence-electron chi connectivity index (χ2n) is 11.2. The Hall–Kier alpha value is -3.43. The van der Waals surface area contributed by atoms with E-state index in [0.29, 0.717) is 43.0 Å². The van der Waals surface area contributed by atoms with E-state index in [0.717, 1.165) is 34.6 Å². The van der Waals surface area contributed by atoms with Gasteiger partial charge in [-0.25, -0.2) is 10.2 Å². The van der Waals surface area contributed by atoms with Gasteiger partial charge >= 0.3 is 6.18 Å². The van der Waals surface area contributed by atoms with Gasteiger partial charge in [-0.1, -0.05) is 35.9 Å². The summed E-state index contributed by atoms with van der Waals surface area (Å²) in [5.74, 6) is 0.391. The third-order valence-electron chi connectivity index (χ3n) is 7.66. The standard InChI is InChI=1S/C30H36F3N4O2/c1-20-15-22(17-23(16-20)30(31,32)33)29(3,4)28(38)35(5)26-19-34-27(36-11-13-37(6,39)14-12-36)18-25(26)24-10-8-7-9-21(24)2/h7-10,15-19,39H,11-14H2,1-6H3/q+1. The number of likely N-dealkylation sites (N-methyl/N-ethyl adjacent to an activating group) is 2. The summed E-state index contributed by atoms with van der Waals surface area (Å²) in [5, 5.41) is 10.3. The molecule has 1 amide bonds. The SMILES string of the molecule is Cc1cc(C(F)(F)F)cc(C(C)(C)C(=O)N(C)c2cnc(N3CC[N+](C)(O)CC3)cc2-c2ccccc2C)c1. The molecular formula is C30H36F3N4O2+. The quantitative estimate of drug-likeness (QED) is 0.404. The Morgan fingerprint density at radius 1 is 1.00 bits per heavy atom. The van der Waals surface area contributed by atoms with Gasteiger partial charge < -0.3 is 9.80 Å². The highest BCUT2D eigenvalue weighted by Gasteiger charge is 2.38. The minimum absolute atomic E-state index is 0.0411. The fourth-order valence-corrected chi connectivity index (χ4v) is 5.05. The maximum Gasteiger partial charge on any atom is 0.416 e. The second-order valence-corrected chi connectivity index (χ2v) is 11.2. The molecule has 6 nitrogen and oxygen atoms in total. The van der Waals surface area contributed by atoms with E-state index in [4.69, 9.17) is 0 Å². The van der Waals surface area contributed by atoms with Crippen LogP contribution in [-0.4, -0.2) is 61.0 Å². The monoisotopic (exact) mass is 541 g/mol. The van der Waals surface area contributed by atoms with Gasteiger partial charge in [-0.15, -0.1) is 0 Å². The molecule has 0 spiro atoms. The van der Waals surface area contributed by atoms with Crippen molar-refractivity contribution in [3.05, 3.63) is 77.0 Å². The summed E-state index contributed by atoms with van der Waals surface area (Å²) in [4.78, 5) is 22.2. The number of quaternary nitrogens is 1. The molecule has 208 valence electrons. The average molecular weight is 542 g/mol. The maximum atomic E-state index is 13.9. The van der Waals surface area contributed by atoms with Gasteiger partial charge in [0.1, 0.15) is 18.9 Å². The van der Waals surface area contributed by atoms with Gasteiger partial charge in [0.25, 0.3) is 0 Å². The minimum Gasteiger partial charge on any atom is -0.345 e. The summed E-state index contributed by atoms with van der Waals surface area (Å²) < 4.78 is 40.6. The number of hydroxylamine groups is 3. The van der Waals surface area contributed by atoms with Crippen LogP contribution < -0.4 is 9.80 Å². The second kappa shape index (κ2) is 10.3. The zero-order valence-corrected chi connectivity index (χ0v) is 23.3. The van der Waals surface area contributed by atoms with Crippen LogP contribution in [0.1, 0.15) is 36.1 Å². The normalized spacial score (nSPS) is 15.8. The van der Waals surface area contributed by atoms with Gasteiger partial charge in [0.05, 0.1) is 43.0 Å². The van der Waals surface area contributed by atoms with Crippen LogP contribution in [0, 0.1) is 13.8 Å². The van der Waals surface area contributed by atoms with Crippen LogP contribution >= 0.6 is 0 Å². The fourth-order valence-electron chi connectivity index (χ4n) is 5.05. The summed E-state index contributed by atoms with van der Waals surface area (Å²) in [6, 6.07) is 13.6. The summed E-state index contributed by atoms with van der Waals surface area (Å²) in [6.07, 6.45) is -2.85. The number of amides is 1. The van der Waals surface area contributed by atoms with Gasteiger partial charge in [-0.05, 0) is 62.6 Å². The number of anilines is 2. The Kier molecular flexibility index (Phi) is 7.53. The number of piperazine rings is 1. The number of hydrogen-bond donors (Lipinski definition) is 1. The van der Waals surface area contributed by atoms with Gasteiger partial charge in [-0.3, -0.25) is 4.79 Å². The number of carbonyl (C=O) groups is 1. The molecule has 0 unspecified atom stereocenters. The summed E-state index contributed by atoms with van der Waals surface area (Å²) in [5.41, 5.74) is 2.05. The minimum atomic E-state index is -4.51. The van der Waals surface area contributed by atoms with Crippen LogP contribution in [0.2, 0.25) is 0 Å². The lowest BCUT2D eigenvalue weighted by atomic mass is 9.81. The van der Waals surface area contributed by atoms with E-state index < -0.39 is 17.2 Å². The molecule has 2 aromatic carbocycles. The molecular weight excluding hydrogens is 505 g/mol. The highest BCUT2D eigenvalue weighted by molar-refractivity contribution is 6.03. The third-order valence-corrected chi connectivity index (χ3v) is 7.66. The van der Waals surface area contributed by atoms with Gasteiger partial charge in [0.2, 0.25) is 5.91 Å². The van der Waals surface area contributed by atoms with Gasteiger partial charge in [0.15, 0.2) is 0 Å². The molecule has 0 atom stereocenters. The van der Waals surface area contributed by atoms with Crippen molar-refractivity contribution >= 4 is 17.4 Å². The highest BCUT2D eigenvalue weighted by Crippen LogP contribution is 2.39. The number of rotatable bonds is 5. The van der Waals surface area contributed by atoms with Crippen molar-refractivity contribution in [1.29, 1.82) is 0 Å². The largest absolute Gasteiger partial charge is 0.416 e. The molecule has 4 rings (SSSR count). The van der Waals surface area contributed by atoms with E-state index in [9.17, 15) is 23.2 Å². The zero-order valence-electron chi connectivity index (χ0n) is 23.3. The summed E-state index contributed by atoms with van der Waals surface area (Å²) in [6.45, 7) is 9.26.